The van der Waals surface area contributed by atoms with Crippen molar-refractivity contribution in [2.24, 2.45) is 0 Å². The van der Waals surface area contributed by atoms with Gasteiger partial charge in [-0.25, -0.2) is 0 Å². The van der Waals surface area contributed by atoms with Crippen LogP contribution in [-0.2, 0) is 28.6 Å². The Labute approximate surface area is 355 Å². The number of hydrogen-bond donors (Lipinski definition) is 0. The Morgan fingerprint density at radius 2 is 0.741 bits per heavy atom. The van der Waals surface area contributed by atoms with E-state index in [0.717, 1.165) is 103 Å². The molecule has 6 nitrogen and oxygen atoms in total. The third kappa shape index (κ3) is 43.2. The molecule has 326 valence electrons. The third-order valence-electron chi connectivity index (χ3n) is 9.15. The Kier molecular flexibility index (Phi) is 42.7. The van der Waals surface area contributed by atoms with Crippen molar-refractivity contribution < 1.29 is 28.6 Å². The van der Waals surface area contributed by atoms with Gasteiger partial charge in [0.1, 0.15) is 13.2 Å². The molecule has 0 aromatic heterocycles. The van der Waals surface area contributed by atoms with Gasteiger partial charge in [-0.15, -0.1) is 0 Å². The highest BCUT2D eigenvalue weighted by Gasteiger charge is 2.19. The summed E-state index contributed by atoms with van der Waals surface area (Å²) in [4.78, 5) is 37.7. The molecule has 0 saturated carbocycles. The van der Waals surface area contributed by atoms with Crippen molar-refractivity contribution in [3.63, 3.8) is 0 Å². The summed E-state index contributed by atoms with van der Waals surface area (Å²) in [7, 11) is 0. The van der Waals surface area contributed by atoms with Gasteiger partial charge in [-0.2, -0.15) is 0 Å². The Hall–Kier alpha value is -3.93. The molecular weight excluding hydrogens is 721 g/mol. The van der Waals surface area contributed by atoms with Gasteiger partial charge in [-0.05, 0) is 77.0 Å². The first-order valence-electron chi connectivity index (χ1n) is 23.0. The van der Waals surface area contributed by atoms with Crippen LogP contribution in [0.5, 0.6) is 0 Å². The fourth-order valence-electron chi connectivity index (χ4n) is 5.71. The minimum Gasteiger partial charge on any atom is -0.462 e. The highest BCUT2D eigenvalue weighted by atomic mass is 16.6. The number of unbranched alkanes of at least 4 members (excludes halogenated alkanes) is 16. The van der Waals surface area contributed by atoms with Crippen LogP contribution in [0.4, 0.5) is 0 Å². The molecule has 0 spiro atoms. The fraction of sp³-hybridized carbons (Fsp3) is 0.596. The highest BCUT2D eigenvalue weighted by molar-refractivity contribution is 5.71. The molecule has 0 saturated heterocycles. The number of allylic oxidation sites excluding steroid dienone is 18. The zero-order valence-electron chi connectivity index (χ0n) is 37.0. The largest absolute Gasteiger partial charge is 0.462 e. The summed E-state index contributed by atoms with van der Waals surface area (Å²) in [6, 6.07) is 0. The lowest BCUT2D eigenvalue weighted by Crippen LogP contribution is -2.30. The van der Waals surface area contributed by atoms with Gasteiger partial charge in [-0.1, -0.05) is 194 Å². The predicted molar refractivity (Wildman–Crippen MR) is 247 cm³/mol. The Morgan fingerprint density at radius 1 is 0.362 bits per heavy atom. The van der Waals surface area contributed by atoms with E-state index in [1.807, 2.05) is 42.5 Å². The van der Waals surface area contributed by atoms with Crippen LogP contribution >= 0.6 is 0 Å². The summed E-state index contributed by atoms with van der Waals surface area (Å²) in [5, 5.41) is 0. The minimum absolute atomic E-state index is 0.111. The summed E-state index contributed by atoms with van der Waals surface area (Å²) in [6.07, 6.45) is 60.7. The summed E-state index contributed by atoms with van der Waals surface area (Å²) in [5.41, 5.74) is 0. The lowest BCUT2D eigenvalue weighted by Gasteiger charge is -2.18. The number of rotatable bonds is 39. The molecule has 0 aromatic carbocycles. The SMILES string of the molecule is CC\C=C/C=C\C=C/CCCCCCCC(=O)OC(COC(=O)CCC/C=C\CCCCCC)COC(=O)CCCCCCC\C=C/C=C\C=C/C=C\C=C/CCC. The average molecular weight is 803 g/mol. The van der Waals surface area contributed by atoms with E-state index in [-0.39, 0.29) is 37.5 Å². The van der Waals surface area contributed by atoms with Crippen molar-refractivity contribution in [3.8, 4) is 0 Å². The third-order valence-corrected chi connectivity index (χ3v) is 9.15. The Morgan fingerprint density at radius 3 is 1.24 bits per heavy atom. The second-order valence-electron chi connectivity index (χ2n) is 14.8. The van der Waals surface area contributed by atoms with Crippen molar-refractivity contribution in [1.29, 1.82) is 0 Å². The summed E-state index contributed by atoms with van der Waals surface area (Å²) in [6.45, 7) is 6.28. The highest BCUT2D eigenvalue weighted by Crippen LogP contribution is 2.12. The van der Waals surface area contributed by atoms with Crippen LogP contribution in [0.3, 0.4) is 0 Å². The molecule has 0 rings (SSSR count). The van der Waals surface area contributed by atoms with Gasteiger partial charge < -0.3 is 14.2 Å². The summed E-state index contributed by atoms with van der Waals surface area (Å²) in [5.74, 6) is -1.00. The smallest absolute Gasteiger partial charge is 0.306 e. The first kappa shape index (κ1) is 54.1. The molecule has 0 aliphatic rings. The van der Waals surface area contributed by atoms with E-state index in [0.29, 0.717) is 19.3 Å². The molecule has 1 unspecified atom stereocenters. The maximum absolute atomic E-state index is 12.7. The van der Waals surface area contributed by atoms with Crippen molar-refractivity contribution >= 4 is 17.9 Å². The van der Waals surface area contributed by atoms with E-state index in [9.17, 15) is 14.4 Å². The molecule has 0 aromatic rings. The van der Waals surface area contributed by atoms with Crippen molar-refractivity contribution in [2.45, 2.75) is 187 Å². The Balaban J connectivity index is 4.48. The van der Waals surface area contributed by atoms with Crippen LogP contribution in [0.1, 0.15) is 181 Å². The van der Waals surface area contributed by atoms with Crippen LogP contribution < -0.4 is 0 Å². The molecule has 6 heteroatoms. The molecule has 0 amide bonds. The Bertz CT molecular complexity index is 1240. The zero-order chi connectivity index (χ0) is 42.3. The van der Waals surface area contributed by atoms with E-state index in [4.69, 9.17) is 14.2 Å². The molecule has 0 aliphatic heterocycles. The second-order valence-corrected chi connectivity index (χ2v) is 14.8. The number of esters is 3. The molecule has 0 bridgehead atoms. The monoisotopic (exact) mass is 803 g/mol. The van der Waals surface area contributed by atoms with Gasteiger partial charge in [0, 0.05) is 19.3 Å². The average Bonchev–Trinajstić information content (AvgIpc) is 3.22. The number of hydrogen-bond acceptors (Lipinski definition) is 6. The van der Waals surface area contributed by atoms with E-state index in [1.165, 1.54) is 32.1 Å². The lowest BCUT2D eigenvalue weighted by molar-refractivity contribution is -0.167. The maximum Gasteiger partial charge on any atom is 0.306 e. The van der Waals surface area contributed by atoms with E-state index >= 15 is 0 Å². The molecule has 0 aliphatic carbocycles. The molecule has 58 heavy (non-hydrogen) atoms. The number of ether oxygens (including phenoxy) is 3. The van der Waals surface area contributed by atoms with Crippen LogP contribution in [0.25, 0.3) is 0 Å². The predicted octanol–water partition coefficient (Wildman–Crippen LogP) is 14.8. The van der Waals surface area contributed by atoms with E-state index < -0.39 is 6.10 Å². The fourth-order valence-corrected chi connectivity index (χ4v) is 5.71. The van der Waals surface area contributed by atoms with Gasteiger partial charge >= 0.3 is 17.9 Å². The van der Waals surface area contributed by atoms with Crippen molar-refractivity contribution in [2.75, 3.05) is 13.2 Å². The lowest BCUT2D eigenvalue weighted by atomic mass is 10.1. The molecule has 0 fully saturated rings. The van der Waals surface area contributed by atoms with Crippen molar-refractivity contribution in [3.05, 3.63) is 109 Å². The summed E-state index contributed by atoms with van der Waals surface area (Å²) < 4.78 is 16.6. The van der Waals surface area contributed by atoms with Crippen LogP contribution in [0, 0.1) is 0 Å². The van der Waals surface area contributed by atoms with Gasteiger partial charge in [0.05, 0.1) is 0 Å². The molecule has 0 radical (unpaired) electrons. The van der Waals surface area contributed by atoms with Gasteiger partial charge in [0.2, 0.25) is 0 Å². The molecule has 0 heterocycles. The van der Waals surface area contributed by atoms with Gasteiger partial charge in [0.25, 0.3) is 0 Å². The number of carbonyl (C=O) groups excluding carboxylic acids is 3. The summed E-state index contributed by atoms with van der Waals surface area (Å²) >= 11 is 0. The van der Waals surface area contributed by atoms with Gasteiger partial charge in [-0.3, -0.25) is 14.4 Å². The topological polar surface area (TPSA) is 78.9 Å². The molecule has 1 atom stereocenters. The van der Waals surface area contributed by atoms with Crippen molar-refractivity contribution in [1.82, 2.24) is 0 Å². The normalized spacial score (nSPS) is 13.1. The van der Waals surface area contributed by atoms with E-state index in [1.54, 1.807) is 0 Å². The maximum atomic E-state index is 12.7. The van der Waals surface area contributed by atoms with Crippen LogP contribution in [0.2, 0.25) is 0 Å². The number of carbonyl (C=O) groups is 3. The molecular formula is C52H82O6. The van der Waals surface area contributed by atoms with Crippen LogP contribution in [-0.4, -0.2) is 37.2 Å². The van der Waals surface area contributed by atoms with Crippen LogP contribution in [0.15, 0.2) is 109 Å². The zero-order valence-corrected chi connectivity index (χ0v) is 37.0. The molecule has 0 N–H and O–H groups in total. The standard InChI is InChI=1S/C52H82O6/c1-4-7-10-13-16-19-21-23-24-25-26-27-29-30-33-36-39-42-45-51(54)57-48-49(47-56-50(53)44-41-38-35-32-18-15-12-9-6-3)58-52(55)46-43-40-37-34-31-28-22-20-17-14-11-8-5-2/h8,10-11,13-14,16-17,19-27,32,35,49H,4-7,9,12,15,18,28-31,33-34,36-48H2,1-3H3/b11-8-,13-10-,17-14-,19-16-,22-20-,23-21-,25-24-,27-26-,35-32-. The second kappa shape index (κ2) is 45.8. The minimum atomic E-state index is -0.810. The van der Waals surface area contributed by atoms with E-state index in [2.05, 4.69) is 87.6 Å². The first-order valence-corrected chi connectivity index (χ1v) is 23.0. The van der Waals surface area contributed by atoms with Gasteiger partial charge in [0.15, 0.2) is 6.10 Å². The quantitative estimate of drug-likeness (QED) is 0.0202. The first-order chi connectivity index (χ1) is 28.5.